The summed E-state index contributed by atoms with van der Waals surface area (Å²) in [5.74, 6) is 0.673. The minimum absolute atomic E-state index is 0.0515. The predicted octanol–water partition coefficient (Wildman–Crippen LogP) is 3.17. The van der Waals surface area contributed by atoms with Crippen LogP contribution in [0.1, 0.15) is 38.7 Å². The van der Waals surface area contributed by atoms with Crippen LogP contribution in [-0.4, -0.2) is 40.4 Å². The standard InChI is InChI=1S/C22H29N3O2/c1-17(2)15-22(27)25-13-9-19(10-14-25)23-21(26)16-18-5-7-20(8-6-18)24-11-3-4-12-24/h3-8,11-12,17,19H,9-10,13-16H2,1-2H3,(H,23,26). The molecule has 2 aromatic rings. The number of carbonyl (C=O) groups is 2. The molecule has 5 nitrogen and oxygen atoms in total. The molecule has 144 valence electrons. The summed E-state index contributed by atoms with van der Waals surface area (Å²) in [4.78, 5) is 26.4. The number of aromatic nitrogens is 1. The Morgan fingerprint density at radius 3 is 2.30 bits per heavy atom. The summed E-state index contributed by atoms with van der Waals surface area (Å²) >= 11 is 0. The molecule has 2 amide bonds. The maximum Gasteiger partial charge on any atom is 0.224 e. The van der Waals surface area contributed by atoms with Crippen LogP contribution in [0, 0.1) is 5.92 Å². The van der Waals surface area contributed by atoms with Crippen LogP contribution in [0.3, 0.4) is 0 Å². The summed E-state index contributed by atoms with van der Waals surface area (Å²) in [6.07, 6.45) is 6.67. The van der Waals surface area contributed by atoms with Gasteiger partial charge in [-0.2, -0.15) is 0 Å². The molecule has 0 unspecified atom stereocenters. The van der Waals surface area contributed by atoms with Gasteiger partial charge in [0, 0.05) is 43.6 Å². The minimum Gasteiger partial charge on any atom is -0.353 e. The third kappa shape index (κ3) is 5.46. The van der Waals surface area contributed by atoms with Gasteiger partial charge in [-0.15, -0.1) is 0 Å². The van der Waals surface area contributed by atoms with Crippen molar-refractivity contribution in [1.82, 2.24) is 14.8 Å². The van der Waals surface area contributed by atoms with Gasteiger partial charge in [-0.05, 0) is 48.6 Å². The first-order chi connectivity index (χ1) is 13.0. The van der Waals surface area contributed by atoms with E-state index in [2.05, 4.69) is 19.2 Å². The van der Waals surface area contributed by atoms with Crippen molar-refractivity contribution in [3.05, 3.63) is 54.4 Å². The Hall–Kier alpha value is -2.56. The van der Waals surface area contributed by atoms with Crippen LogP contribution < -0.4 is 5.32 Å². The normalized spacial score (nSPS) is 15.1. The smallest absolute Gasteiger partial charge is 0.224 e. The Bertz CT molecular complexity index is 742. The molecular weight excluding hydrogens is 338 g/mol. The Balaban J connectivity index is 1.44. The zero-order valence-corrected chi connectivity index (χ0v) is 16.2. The lowest BCUT2D eigenvalue weighted by Gasteiger charge is -2.33. The molecule has 1 saturated heterocycles. The maximum absolute atomic E-state index is 12.4. The molecule has 0 aliphatic carbocycles. The van der Waals surface area contributed by atoms with Crippen LogP contribution in [0.25, 0.3) is 5.69 Å². The largest absolute Gasteiger partial charge is 0.353 e. The lowest BCUT2D eigenvalue weighted by Crippen LogP contribution is -2.47. The zero-order valence-electron chi connectivity index (χ0n) is 16.2. The fraction of sp³-hybridized carbons (Fsp3) is 0.455. The van der Waals surface area contributed by atoms with E-state index in [0.29, 0.717) is 18.8 Å². The van der Waals surface area contributed by atoms with Crippen molar-refractivity contribution in [3.63, 3.8) is 0 Å². The number of nitrogens with zero attached hydrogens (tertiary/aromatic N) is 2. The molecule has 5 heteroatoms. The number of benzene rings is 1. The first-order valence-corrected chi connectivity index (χ1v) is 9.80. The van der Waals surface area contributed by atoms with Crippen molar-refractivity contribution in [3.8, 4) is 5.69 Å². The molecule has 1 aromatic carbocycles. The van der Waals surface area contributed by atoms with Crippen molar-refractivity contribution in [1.29, 1.82) is 0 Å². The van der Waals surface area contributed by atoms with E-state index in [9.17, 15) is 9.59 Å². The highest BCUT2D eigenvalue weighted by atomic mass is 16.2. The second-order valence-electron chi connectivity index (χ2n) is 7.75. The summed E-state index contributed by atoms with van der Waals surface area (Å²) in [7, 11) is 0. The van der Waals surface area contributed by atoms with Crippen molar-refractivity contribution in [2.75, 3.05) is 13.1 Å². The van der Waals surface area contributed by atoms with Gasteiger partial charge in [0.25, 0.3) is 0 Å². The van der Waals surface area contributed by atoms with Crippen molar-refractivity contribution >= 4 is 11.8 Å². The van der Waals surface area contributed by atoms with Gasteiger partial charge in [0.1, 0.15) is 0 Å². The molecule has 0 radical (unpaired) electrons. The fourth-order valence-electron chi connectivity index (χ4n) is 3.51. The van der Waals surface area contributed by atoms with Crippen molar-refractivity contribution in [2.24, 2.45) is 5.92 Å². The topological polar surface area (TPSA) is 54.3 Å². The predicted molar refractivity (Wildman–Crippen MR) is 107 cm³/mol. The average Bonchev–Trinajstić information content (AvgIpc) is 3.17. The summed E-state index contributed by atoms with van der Waals surface area (Å²) in [6, 6.07) is 12.2. The maximum atomic E-state index is 12.4. The molecule has 0 atom stereocenters. The molecule has 1 aliphatic rings. The number of piperidine rings is 1. The van der Waals surface area contributed by atoms with E-state index in [1.807, 2.05) is 58.3 Å². The Kier molecular flexibility index (Phi) is 6.32. The van der Waals surface area contributed by atoms with Gasteiger partial charge in [0.15, 0.2) is 0 Å². The van der Waals surface area contributed by atoms with Gasteiger partial charge in [0.2, 0.25) is 11.8 Å². The second-order valence-corrected chi connectivity index (χ2v) is 7.75. The molecule has 2 heterocycles. The van der Waals surface area contributed by atoms with Crippen LogP contribution in [0.4, 0.5) is 0 Å². The highest BCUT2D eigenvalue weighted by molar-refractivity contribution is 5.79. The van der Waals surface area contributed by atoms with E-state index in [4.69, 9.17) is 0 Å². The van der Waals surface area contributed by atoms with Crippen LogP contribution >= 0.6 is 0 Å². The SMILES string of the molecule is CC(C)CC(=O)N1CCC(NC(=O)Cc2ccc(-n3cccc3)cc2)CC1. The van der Waals surface area contributed by atoms with E-state index in [-0.39, 0.29) is 17.9 Å². The van der Waals surface area contributed by atoms with Gasteiger partial charge in [-0.25, -0.2) is 0 Å². The molecule has 0 saturated carbocycles. The summed E-state index contributed by atoms with van der Waals surface area (Å²) in [5, 5.41) is 3.13. The molecular formula is C22H29N3O2. The van der Waals surface area contributed by atoms with Gasteiger partial charge in [-0.3, -0.25) is 9.59 Å². The molecule has 0 spiro atoms. The van der Waals surface area contributed by atoms with Crippen LogP contribution in [0.15, 0.2) is 48.8 Å². The monoisotopic (exact) mass is 367 g/mol. The molecule has 3 rings (SSSR count). The molecule has 1 N–H and O–H groups in total. The van der Waals surface area contributed by atoms with Gasteiger partial charge in [-0.1, -0.05) is 26.0 Å². The quantitative estimate of drug-likeness (QED) is 0.853. The number of hydrogen-bond donors (Lipinski definition) is 1. The Morgan fingerprint density at radius 2 is 1.70 bits per heavy atom. The van der Waals surface area contributed by atoms with Gasteiger partial charge >= 0.3 is 0 Å². The van der Waals surface area contributed by atoms with Gasteiger partial charge < -0.3 is 14.8 Å². The Labute approximate surface area is 161 Å². The molecule has 0 bridgehead atoms. The van der Waals surface area contributed by atoms with E-state index in [0.717, 1.165) is 37.2 Å². The number of hydrogen-bond acceptors (Lipinski definition) is 2. The molecule has 1 aliphatic heterocycles. The number of nitrogens with one attached hydrogen (secondary N) is 1. The fourth-order valence-corrected chi connectivity index (χ4v) is 3.51. The first-order valence-electron chi connectivity index (χ1n) is 9.80. The lowest BCUT2D eigenvalue weighted by molar-refractivity contribution is -0.133. The third-order valence-electron chi connectivity index (χ3n) is 5.00. The number of amides is 2. The van der Waals surface area contributed by atoms with E-state index in [1.165, 1.54) is 0 Å². The number of rotatable bonds is 6. The first kappa shape index (κ1) is 19.2. The van der Waals surface area contributed by atoms with Crippen LogP contribution in [-0.2, 0) is 16.0 Å². The van der Waals surface area contributed by atoms with Crippen LogP contribution in [0.5, 0.6) is 0 Å². The molecule has 1 fully saturated rings. The van der Waals surface area contributed by atoms with Gasteiger partial charge in [0.05, 0.1) is 6.42 Å². The van der Waals surface area contributed by atoms with Crippen molar-refractivity contribution in [2.45, 2.75) is 45.6 Å². The number of likely N-dealkylation sites (tertiary alicyclic amines) is 1. The number of carbonyl (C=O) groups excluding carboxylic acids is 2. The molecule has 1 aromatic heterocycles. The average molecular weight is 367 g/mol. The summed E-state index contributed by atoms with van der Waals surface area (Å²) in [5.41, 5.74) is 2.09. The third-order valence-corrected chi connectivity index (χ3v) is 5.00. The summed E-state index contributed by atoms with van der Waals surface area (Å²) in [6.45, 7) is 5.61. The van der Waals surface area contributed by atoms with E-state index in [1.54, 1.807) is 0 Å². The molecule has 27 heavy (non-hydrogen) atoms. The van der Waals surface area contributed by atoms with Crippen LogP contribution in [0.2, 0.25) is 0 Å². The second kappa shape index (κ2) is 8.89. The van der Waals surface area contributed by atoms with E-state index < -0.39 is 0 Å². The van der Waals surface area contributed by atoms with E-state index >= 15 is 0 Å². The zero-order chi connectivity index (χ0) is 19.2. The minimum atomic E-state index is 0.0515. The van der Waals surface area contributed by atoms with Crippen molar-refractivity contribution < 1.29 is 9.59 Å². The highest BCUT2D eigenvalue weighted by Crippen LogP contribution is 2.14. The summed E-state index contributed by atoms with van der Waals surface area (Å²) < 4.78 is 2.04. The highest BCUT2D eigenvalue weighted by Gasteiger charge is 2.24. The Morgan fingerprint density at radius 1 is 1.07 bits per heavy atom. The lowest BCUT2D eigenvalue weighted by atomic mass is 10.0.